The third kappa shape index (κ3) is 4.41. The van der Waals surface area contributed by atoms with Gasteiger partial charge < -0.3 is 9.13 Å². The first-order chi connectivity index (χ1) is 22.6. The van der Waals surface area contributed by atoms with Gasteiger partial charge in [-0.2, -0.15) is 0 Å². The van der Waals surface area contributed by atoms with Crippen LogP contribution in [0.15, 0.2) is 182 Å². The Bertz CT molecular complexity index is 2200. The van der Waals surface area contributed by atoms with Gasteiger partial charge in [0.1, 0.15) is 0 Å². The molecule has 0 aliphatic carbocycles. The van der Waals surface area contributed by atoms with E-state index in [1.807, 2.05) is 146 Å². The standard InChI is InChI=1S/C42H30O2P2/c43-45(33-19-5-1-6-20-33,34-21-7-2-8-22-34)41-37-27-15-13-17-31(37)30-40-39(41)29-32-18-14-16-28-38(32)42(40)46(44,35-23-9-3-10-24-35)36-25-11-4-12-26-36/h1-30H. The predicted molar refractivity (Wildman–Crippen MR) is 198 cm³/mol. The van der Waals surface area contributed by atoms with Crippen LogP contribution in [0, 0.1) is 0 Å². The lowest BCUT2D eigenvalue weighted by molar-refractivity contribution is 0.592. The lowest BCUT2D eigenvalue weighted by atomic mass is 9.99. The van der Waals surface area contributed by atoms with Crippen LogP contribution in [0.1, 0.15) is 0 Å². The van der Waals surface area contributed by atoms with Crippen LogP contribution in [0.5, 0.6) is 0 Å². The van der Waals surface area contributed by atoms with Gasteiger partial charge in [0.2, 0.25) is 0 Å². The molecule has 0 atom stereocenters. The highest BCUT2D eigenvalue weighted by Gasteiger charge is 2.37. The SMILES string of the molecule is O=P(c1ccccc1)(c1ccccc1)c1c2ccccc2cc2c(P(=O)(c3ccccc3)c3ccccc3)c3ccccc3cc12. The molecule has 0 aromatic heterocycles. The van der Waals surface area contributed by atoms with Crippen molar-refractivity contribution < 1.29 is 9.13 Å². The summed E-state index contributed by atoms with van der Waals surface area (Å²) in [6.07, 6.45) is 0. The third-order valence-corrected chi connectivity index (χ3v) is 15.3. The van der Waals surface area contributed by atoms with Crippen LogP contribution in [0.25, 0.3) is 32.3 Å². The lowest BCUT2D eigenvalue weighted by Gasteiger charge is -2.27. The number of fused-ring (bicyclic) bond motifs is 3. The van der Waals surface area contributed by atoms with E-state index in [0.29, 0.717) is 0 Å². The molecule has 0 saturated heterocycles. The van der Waals surface area contributed by atoms with Crippen molar-refractivity contribution in [3.8, 4) is 0 Å². The molecule has 8 aromatic rings. The van der Waals surface area contributed by atoms with Gasteiger partial charge in [0.15, 0.2) is 14.3 Å². The number of benzene rings is 8. The van der Waals surface area contributed by atoms with Crippen molar-refractivity contribution in [3.63, 3.8) is 0 Å². The Morgan fingerprint density at radius 2 is 0.543 bits per heavy atom. The summed E-state index contributed by atoms with van der Waals surface area (Å²) >= 11 is 0. The Morgan fingerprint density at radius 1 is 0.283 bits per heavy atom. The zero-order valence-electron chi connectivity index (χ0n) is 25.0. The zero-order valence-corrected chi connectivity index (χ0v) is 26.8. The second kappa shape index (κ2) is 11.4. The molecule has 220 valence electrons. The summed E-state index contributed by atoms with van der Waals surface area (Å²) in [6, 6.07) is 60.0. The first-order valence-electron chi connectivity index (χ1n) is 15.4. The molecular weight excluding hydrogens is 598 g/mol. The van der Waals surface area contributed by atoms with Crippen LogP contribution in [0.2, 0.25) is 0 Å². The molecule has 46 heavy (non-hydrogen) atoms. The Morgan fingerprint density at radius 3 is 0.848 bits per heavy atom. The maximum absolute atomic E-state index is 16.2. The highest BCUT2D eigenvalue weighted by Crippen LogP contribution is 2.51. The van der Waals surface area contributed by atoms with Gasteiger partial charge in [0.25, 0.3) is 0 Å². The quantitative estimate of drug-likeness (QED) is 0.137. The van der Waals surface area contributed by atoms with Gasteiger partial charge in [-0.1, -0.05) is 170 Å². The molecule has 0 aliphatic heterocycles. The highest BCUT2D eigenvalue weighted by atomic mass is 31.2. The molecule has 0 heterocycles. The van der Waals surface area contributed by atoms with Crippen LogP contribution in [0.4, 0.5) is 0 Å². The molecule has 8 rings (SSSR count). The first kappa shape index (κ1) is 28.5. The molecule has 0 unspecified atom stereocenters. The topological polar surface area (TPSA) is 34.1 Å². The van der Waals surface area contributed by atoms with E-state index in [1.165, 1.54) is 0 Å². The second-order valence-electron chi connectivity index (χ2n) is 11.5. The largest absolute Gasteiger partial charge is 0.309 e. The molecule has 0 spiro atoms. The monoisotopic (exact) mass is 628 g/mol. The van der Waals surface area contributed by atoms with E-state index in [2.05, 4.69) is 36.4 Å². The summed E-state index contributed by atoms with van der Waals surface area (Å²) in [5.41, 5.74) is 0. The van der Waals surface area contributed by atoms with Gasteiger partial charge in [-0.25, -0.2) is 0 Å². The van der Waals surface area contributed by atoms with Crippen molar-refractivity contribution in [2.45, 2.75) is 0 Å². The number of hydrogen-bond donors (Lipinski definition) is 0. The van der Waals surface area contributed by atoms with Gasteiger partial charge in [-0.15, -0.1) is 0 Å². The summed E-state index contributed by atoms with van der Waals surface area (Å²) in [5, 5.41) is 10.1. The zero-order chi connectivity index (χ0) is 31.1. The minimum absolute atomic E-state index is 0.767. The van der Waals surface area contributed by atoms with E-state index in [0.717, 1.165) is 64.1 Å². The minimum Gasteiger partial charge on any atom is -0.309 e. The molecule has 0 fully saturated rings. The van der Waals surface area contributed by atoms with E-state index >= 15 is 9.13 Å². The van der Waals surface area contributed by atoms with Crippen molar-refractivity contribution >= 4 is 78.4 Å². The predicted octanol–water partition coefficient (Wildman–Crippen LogP) is 8.43. The van der Waals surface area contributed by atoms with E-state index < -0.39 is 14.3 Å². The summed E-state index contributed by atoms with van der Waals surface area (Å²) in [4.78, 5) is 0. The average Bonchev–Trinajstić information content (AvgIpc) is 3.14. The van der Waals surface area contributed by atoms with Crippen LogP contribution in [0.3, 0.4) is 0 Å². The van der Waals surface area contributed by atoms with Crippen molar-refractivity contribution in [3.05, 3.63) is 182 Å². The van der Waals surface area contributed by atoms with Crippen molar-refractivity contribution in [1.82, 2.24) is 0 Å². The number of hydrogen-bond acceptors (Lipinski definition) is 2. The van der Waals surface area contributed by atoms with Gasteiger partial charge >= 0.3 is 0 Å². The van der Waals surface area contributed by atoms with Gasteiger partial charge in [-0.05, 0) is 44.5 Å². The minimum atomic E-state index is -3.45. The summed E-state index contributed by atoms with van der Waals surface area (Å²) in [5.74, 6) is 0. The fourth-order valence-corrected chi connectivity index (χ4v) is 13.0. The fraction of sp³-hybridized carbons (Fsp3) is 0. The van der Waals surface area contributed by atoms with Crippen LogP contribution < -0.4 is 31.8 Å². The summed E-state index contributed by atoms with van der Waals surface area (Å²) in [7, 11) is -6.90. The molecule has 0 saturated carbocycles. The third-order valence-electron chi connectivity index (χ3n) is 8.94. The molecule has 8 aromatic carbocycles. The van der Waals surface area contributed by atoms with Crippen molar-refractivity contribution in [2.75, 3.05) is 0 Å². The Balaban J connectivity index is 1.64. The summed E-state index contributed by atoms with van der Waals surface area (Å²) < 4.78 is 32.4. The van der Waals surface area contributed by atoms with Crippen molar-refractivity contribution in [1.29, 1.82) is 0 Å². The van der Waals surface area contributed by atoms with Gasteiger partial charge in [0, 0.05) is 31.8 Å². The van der Waals surface area contributed by atoms with Crippen LogP contribution in [-0.2, 0) is 9.13 Å². The Kier molecular flexibility index (Phi) is 7.07. The fourth-order valence-electron chi connectivity index (χ4n) is 6.87. The molecule has 2 nitrogen and oxygen atoms in total. The van der Waals surface area contributed by atoms with Crippen LogP contribution in [-0.4, -0.2) is 0 Å². The maximum atomic E-state index is 16.2. The summed E-state index contributed by atoms with van der Waals surface area (Å²) in [6.45, 7) is 0. The van der Waals surface area contributed by atoms with Gasteiger partial charge in [0.05, 0.1) is 0 Å². The molecule has 0 N–H and O–H groups in total. The van der Waals surface area contributed by atoms with E-state index in [-0.39, 0.29) is 0 Å². The van der Waals surface area contributed by atoms with Crippen molar-refractivity contribution in [2.24, 2.45) is 0 Å². The van der Waals surface area contributed by atoms with E-state index in [9.17, 15) is 0 Å². The van der Waals surface area contributed by atoms with Crippen LogP contribution >= 0.6 is 14.3 Å². The lowest BCUT2D eigenvalue weighted by Crippen LogP contribution is -2.29. The maximum Gasteiger partial charge on any atom is 0.172 e. The molecular formula is C42H30O2P2. The normalized spacial score (nSPS) is 12.1. The smallest absolute Gasteiger partial charge is 0.172 e. The molecule has 4 heteroatoms. The molecule has 0 aliphatic rings. The number of rotatable bonds is 6. The Hall–Kier alpha value is -5.00. The molecule has 0 bridgehead atoms. The second-order valence-corrected chi connectivity index (χ2v) is 16.9. The van der Waals surface area contributed by atoms with Gasteiger partial charge in [-0.3, -0.25) is 0 Å². The van der Waals surface area contributed by atoms with E-state index in [4.69, 9.17) is 0 Å². The van der Waals surface area contributed by atoms with E-state index in [1.54, 1.807) is 0 Å². The molecule has 0 radical (unpaired) electrons. The highest BCUT2D eigenvalue weighted by molar-refractivity contribution is 7.87. The Labute approximate surface area is 268 Å². The molecule has 0 amide bonds. The average molecular weight is 629 g/mol. The first-order valence-corrected chi connectivity index (χ1v) is 18.8.